The molecule has 0 atom stereocenters. The fourth-order valence-corrected chi connectivity index (χ4v) is 3.63. The van der Waals surface area contributed by atoms with Crippen LogP contribution in [0, 0.1) is 0 Å². The van der Waals surface area contributed by atoms with Crippen LogP contribution in [0.3, 0.4) is 0 Å². The molecular formula is C24H18Cl3N5O2. The molecule has 4 rings (SSSR count). The lowest BCUT2D eigenvalue weighted by molar-refractivity contribution is 0.262. The standard InChI is InChI=1S/C24H18Cl3N5O2/c1-34-18-10-7-15(8-11-18)22-14-32(28-13-16-6-9-17(25)12-20(16)27)23(29-22)31-24(33)30-21-5-3-2-4-19(21)26/h2-14H,1H3,(H2,29,30,31,33)/b28-13-. The summed E-state index contributed by atoms with van der Waals surface area (Å²) in [6.07, 6.45) is 3.24. The van der Waals surface area contributed by atoms with Gasteiger partial charge in [0.2, 0.25) is 5.95 Å². The van der Waals surface area contributed by atoms with Crippen LogP contribution in [0.5, 0.6) is 5.75 Å². The molecule has 0 radical (unpaired) electrons. The molecule has 2 amide bonds. The molecule has 0 saturated carbocycles. The number of amides is 2. The molecule has 10 heteroatoms. The Morgan fingerprint density at radius 1 is 1.00 bits per heavy atom. The highest BCUT2D eigenvalue weighted by Crippen LogP contribution is 2.25. The Morgan fingerprint density at radius 3 is 2.47 bits per heavy atom. The van der Waals surface area contributed by atoms with Gasteiger partial charge in [0.05, 0.1) is 40.9 Å². The number of benzene rings is 3. The second-order valence-electron chi connectivity index (χ2n) is 6.99. The maximum absolute atomic E-state index is 12.6. The van der Waals surface area contributed by atoms with Gasteiger partial charge in [-0.3, -0.25) is 5.32 Å². The molecule has 0 aliphatic carbocycles. The van der Waals surface area contributed by atoms with E-state index in [2.05, 4.69) is 20.7 Å². The first kappa shape index (κ1) is 23.6. The van der Waals surface area contributed by atoms with Gasteiger partial charge in [0.25, 0.3) is 0 Å². The minimum atomic E-state index is -0.527. The summed E-state index contributed by atoms with van der Waals surface area (Å²) in [6, 6.07) is 18.8. The van der Waals surface area contributed by atoms with Crippen LogP contribution in [0.4, 0.5) is 16.4 Å². The molecule has 34 heavy (non-hydrogen) atoms. The zero-order valence-electron chi connectivity index (χ0n) is 17.8. The van der Waals surface area contributed by atoms with Crippen molar-refractivity contribution in [1.82, 2.24) is 9.66 Å². The van der Waals surface area contributed by atoms with Crippen LogP contribution in [0.2, 0.25) is 15.1 Å². The number of nitrogens with zero attached hydrogens (tertiary/aromatic N) is 3. The van der Waals surface area contributed by atoms with Crippen molar-refractivity contribution >= 4 is 58.7 Å². The maximum Gasteiger partial charge on any atom is 0.326 e. The highest BCUT2D eigenvalue weighted by Gasteiger charge is 2.14. The lowest BCUT2D eigenvalue weighted by Crippen LogP contribution is -2.21. The zero-order valence-corrected chi connectivity index (χ0v) is 20.1. The number of carbonyl (C=O) groups excluding carboxylic acids is 1. The zero-order chi connectivity index (χ0) is 24.1. The third kappa shape index (κ3) is 5.69. The SMILES string of the molecule is COc1ccc(-c2cn(/N=C\c3ccc(Cl)cc3Cl)c(NC(=O)Nc3ccccc3Cl)n2)cc1. The molecule has 0 saturated heterocycles. The van der Waals surface area contributed by atoms with Gasteiger partial charge >= 0.3 is 6.03 Å². The van der Waals surface area contributed by atoms with E-state index in [-0.39, 0.29) is 5.95 Å². The molecule has 1 aromatic heterocycles. The Morgan fingerprint density at radius 2 is 1.76 bits per heavy atom. The van der Waals surface area contributed by atoms with E-state index in [0.29, 0.717) is 32.0 Å². The normalized spacial score (nSPS) is 10.9. The van der Waals surface area contributed by atoms with Gasteiger partial charge in [-0.2, -0.15) is 5.10 Å². The number of para-hydroxylation sites is 1. The van der Waals surface area contributed by atoms with Gasteiger partial charge in [0.1, 0.15) is 5.75 Å². The molecule has 2 N–H and O–H groups in total. The topological polar surface area (TPSA) is 80.5 Å². The molecule has 0 aliphatic heterocycles. The first-order valence-corrected chi connectivity index (χ1v) is 11.1. The molecule has 0 unspecified atom stereocenters. The lowest BCUT2D eigenvalue weighted by atomic mass is 10.2. The summed E-state index contributed by atoms with van der Waals surface area (Å²) < 4.78 is 6.65. The molecule has 7 nitrogen and oxygen atoms in total. The Bertz CT molecular complexity index is 1350. The van der Waals surface area contributed by atoms with Crippen LogP contribution in [-0.2, 0) is 0 Å². The highest BCUT2D eigenvalue weighted by atomic mass is 35.5. The van der Waals surface area contributed by atoms with Crippen molar-refractivity contribution in [1.29, 1.82) is 0 Å². The number of hydrogen-bond acceptors (Lipinski definition) is 4. The minimum Gasteiger partial charge on any atom is -0.497 e. The minimum absolute atomic E-state index is 0.191. The molecule has 0 bridgehead atoms. The first-order chi connectivity index (χ1) is 16.4. The van der Waals surface area contributed by atoms with E-state index in [1.165, 1.54) is 4.68 Å². The lowest BCUT2D eigenvalue weighted by Gasteiger charge is -2.08. The van der Waals surface area contributed by atoms with E-state index in [0.717, 1.165) is 11.3 Å². The van der Waals surface area contributed by atoms with Crippen molar-refractivity contribution in [2.24, 2.45) is 5.10 Å². The van der Waals surface area contributed by atoms with Gasteiger partial charge < -0.3 is 10.1 Å². The second kappa shape index (κ2) is 10.6. The fourth-order valence-electron chi connectivity index (χ4n) is 2.99. The number of rotatable bonds is 6. The third-order valence-corrected chi connectivity index (χ3v) is 5.60. The Kier molecular flexibility index (Phi) is 7.37. The summed E-state index contributed by atoms with van der Waals surface area (Å²) in [5, 5.41) is 11.2. The number of urea groups is 1. The van der Waals surface area contributed by atoms with Gasteiger partial charge in [-0.15, -0.1) is 0 Å². The van der Waals surface area contributed by atoms with Gasteiger partial charge in [0.15, 0.2) is 0 Å². The molecule has 172 valence electrons. The third-order valence-electron chi connectivity index (χ3n) is 4.70. The summed E-state index contributed by atoms with van der Waals surface area (Å²) in [5.41, 5.74) is 2.52. The smallest absolute Gasteiger partial charge is 0.326 e. The van der Waals surface area contributed by atoms with E-state index in [9.17, 15) is 4.79 Å². The van der Waals surface area contributed by atoms with Crippen molar-refractivity contribution in [2.75, 3.05) is 17.7 Å². The summed E-state index contributed by atoms with van der Waals surface area (Å²) in [5.74, 6) is 0.910. The van der Waals surface area contributed by atoms with Crippen molar-refractivity contribution in [2.45, 2.75) is 0 Å². The second-order valence-corrected chi connectivity index (χ2v) is 8.24. The number of halogens is 3. The van der Waals surface area contributed by atoms with Crippen LogP contribution in [0.1, 0.15) is 5.56 Å². The summed E-state index contributed by atoms with van der Waals surface area (Å²) in [4.78, 5) is 17.2. The number of anilines is 2. The van der Waals surface area contributed by atoms with Crippen molar-refractivity contribution in [3.8, 4) is 17.0 Å². The highest BCUT2D eigenvalue weighted by molar-refractivity contribution is 6.36. The molecule has 4 aromatic rings. The number of nitrogens with one attached hydrogen (secondary N) is 2. The molecular weight excluding hydrogens is 497 g/mol. The van der Waals surface area contributed by atoms with E-state index in [1.807, 2.05) is 24.3 Å². The fraction of sp³-hybridized carbons (Fsp3) is 0.0417. The molecule has 0 spiro atoms. The monoisotopic (exact) mass is 513 g/mol. The van der Waals surface area contributed by atoms with Crippen LogP contribution in [-0.4, -0.2) is 29.0 Å². The van der Waals surface area contributed by atoms with E-state index >= 15 is 0 Å². The van der Waals surface area contributed by atoms with Crippen molar-refractivity contribution < 1.29 is 9.53 Å². The summed E-state index contributed by atoms with van der Waals surface area (Å²) in [7, 11) is 1.60. The Balaban J connectivity index is 1.64. The van der Waals surface area contributed by atoms with Crippen LogP contribution < -0.4 is 15.4 Å². The first-order valence-electron chi connectivity index (χ1n) is 9.98. The Hall–Kier alpha value is -3.52. The maximum atomic E-state index is 12.6. The van der Waals surface area contributed by atoms with Crippen molar-refractivity contribution in [3.63, 3.8) is 0 Å². The number of aromatic nitrogens is 2. The Labute approximate surface area is 210 Å². The van der Waals surface area contributed by atoms with E-state index in [1.54, 1.807) is 62.0 Å². The largest absolute Gasteiger partial charge is 0.497 e. The number of carbonyl (C=O) groups is 1. The average Bonchev–Trinajstić information content (AvgIpc) is 3.22. The number of methoxy groups -OCH3 is 1. The quantitative estimate of drug-likeness (QED) is 0.271. The van der Waals surface area contributed by atoms with Crippen LogP contribution in [0.25, 0.3) is 11.3 Å². The summed E-state index contributed by atoms with van der Waals surface area (Å²) >= 11 is 18.4. The van der Waals surface area contributed by atoms with Crippen molar-refractivity contribution in [3.05, 3.63) is 93.6 Å². The van der Waals surface area contributed by atoms with Gasteiger partial charge in [-0.05, 0) is 48.5 Å². The number of ether oxygens (including phenoxy) is 1. The van der Waals surface area contributed by atoms with Crippen LogP contribution in [0.15, 0.2) is 78.0 Å². The van der Waals surface area contributed by atoms with Crippen LogP contribution >= 0.6 is 34.8 Å². The number of imidazole rings is 1. The molecule has 1 heterocycles. The molecule has 3 aromatic carbocycles. The average molecular weight is 515 g/mol. The summed E-state index contributed by atoms with van der Waals surface area (Å²) in [6.45, 7) is 0. The van der Waals surface area contributed by atoms with E-state index in [4.69, 9.17) is 39.5 Å². The van der Waals surface area contributed by atoms with E-state index < -0.39 is 6.03 Å². The predicted molar refractivity (Wildman–Crippen MR) is 138 cm³/mol. The van der Waals surface area contributed by atoms with Gasteiger partial charge in [-0.25, -0.2) is 14.5 Å². The molecule has 0 fully saturated rings. The molecule has 0 aliphatic rings. The van der Waals surface area contributed by atoms with Gasteiger partial charge in [-0.1, -0.05) is 53.0 Å². The number of hydrogen-bond donors (Lipinski definition) is 2. The predicted octanol–water partition coefficient (Wildman–Crippen LogP) is 7.05. The van der Waals surface area contributed by atoms with Gasteiger partial charge in [0, 0.05) is 16.1 Å².